The maximum Gasteiger partial charge on any atom is 0.147 e. The van der Waals surface area contributed by atoms with Gasteiger partial charge in [0.15, 0.2) is 0 Å². The van der Waals surface area contributed by atoms with Crippen LogP contribution in [0.3, 0.4) is 0 Å². The topological polar surface area (TPSA) is 35.5 Å². The molecule has 0 rings (SSSR count). The quantitative estimate of drug-likeness (QED) is 0.266. The van der Waals surface area contributed by atoms with Gasteiger partial charge in [-0.25, -0.2) is 0 Å². The second kappa shape index (κ2) is 9.45. The predicted octanol–water partition coefficient (Wildman–Crippen LogP) is 1.92. The second-order valence-electron chi connectivity index (χ2n) is 3.24. The van der Waals surface area contributed by atoms with Crippen LogP contribution in [0.5, 0.6) is 0 Å². The van der Waals surface area contributed by atoms with E-state index in [0.717, 1.165) is 18.3 Å². The molecular weight excluding hydrogens is 192 g/mol. The Morgan fingerprint density at radius 1 is 1.60 bits per heavy atom. The number of terminal acetylenes is 1. The van der Waals surface area contributed by atoms with Gasteiger partial charge in [-0.1, -0.05) is 11.6 Å². The van der Waals surface area contributed by atoms with Crippen molar-refractivity contribution in [3.05, 3.63) is 11.6 Å². The van der Waals surface area contributed by atoms with Crippen LogP contribution in [-0.2, 0) is 14.3 Å². The van der Waals surface area contributed by atoms with Crippen molar-refractivity contribution in [1.82, 2.24) is 0 Å². The molecule has 0 fully saturated rings. The van der Waals surface area contributed by atoms with Crippen LogP contribution in [0.4, 0.5) is 0 Å². The molecule has 0 heterocycles. The average molecular weight is 210 g/mol. The number of hydrogen-bond donors (Lipinski definition) is 0. The van der Waals surface area contributed by atoms with Gasteiger partial charge in [-0.3, -0.25) is 0 Å². The number of methoxy groups -OCH3 is 1. The van der Waals surface area contributed by atoms with E-state index in [1.54, 1.807) is 7.11 Å². The van der Waals surface area contributed by atoms with Gasteiger partial charge in [0.25, 0.3) is 0 Å². The van der Waals surface area contributed by atoms with Crippen molar-refractivity contribution >= 4 is 6.29 Å². The number of rotatable bonds is 8. The maximum absolute atomic E-state index is 10.2. The van der Waals surface area contributed by atoms with E-state index in [1.807, 2.05) is 13.0 Å². The number of carbonyl (C=O) groups excluding carboxylic acids is 1. The molecule has 0 aliphatic carbocycles. The summed E-state index contributed by atoms with van der Waals surface area (Å²) in [7, 11) is 1.57. The van der Waals surface area contributed by atoms with Gasteiger partial charge in [0.05, 0.1) is 6.10 Å². The first-order valence-corrected chi connectivity index (χ1v) is 4.89. The highest BCUT2D eigenvalue weighted by molar-refractivity contribution is 5.49. The zero-order valence-corrected chi connectivity index (χ0v) is 9.36. The Morgan fingerprint density at radius 3 is 2.87 bits per heavy atom. The summed E-state index contributed by atoms with van der Waals surface area (Å²) < 4.78 is 10.2. The number of allylic oxidation sites excluding steroid dienone is 1. The molecule has 0 saturated carbocycles. The highest BCUT2D eigenvalue weighted by Crippen LogP contribution is 2.08. The van der Waals surface area contributed by atoms with Gasteiger partial charge < -0.3 is 14.3 Å². The second-order valence-corrected chi connectivity index (χ2v) is 3.24. The molecule has 3 heteroatoms. The standard InChI is InChI=1S/C12H18O3/c1-4-6-12(15-10-14-3)9-11(2)7-5-8-13/h1,8-9,12H,5-7,10H2,2-3H3/b11-9+. The fraction of sp³-hybridized carbons (Fsp3) is 0.583. The monoisotopic (exact) mass is 210 g/mol. The third-order valence-corrected chi connectivity index (χ3v) is 1.85. The van der Waals surface area contributed by atoms with Crippen LogP contribution in [0.2, 0.25) is 0 Å². The molecular formula is C12H18O3. The molecule has 15 heavy (non-hydrogen) atoms. The summed E-state index contributed by atoms with van der Waals surface area (Å²) in [5, 5.41) is 0. The Balaban J connectivity index is 4.10. The fourth-order valence-electron chi connectivity index (χ4n) is 1.12. The number of hydrogen-bond acceptors (Lipinski definition) is 3. The Labute approximate surface area is 91.5 Å². The van der Waals surface area contributed by atoms with E-state index in [4.69, 9.17) is 15.9 Å². The van der Waals surface area contributed by atoms with Crippen molar-refractivity contribution in [1.29, 1.82) is 0 Å². The van der Waals surface area contributed by atoms with Gasteiger partial charge in [-0.2, -0.15) is 0 Å². The molecule has 0 radical (unpaired) electrons. The van der Waals surface area contributed by atoms with E-state index < -0.39 is 0 Å². The van der Waals surface area contributed by atoms with Crippen molar-refractivity contribution < 1.29 is 14.3 Å². The van der Waals surface area contributed by atoms with Crippen LogP contribution in [0.25, 0.3) is 0 Å². The zero-order valence-electron chi connectivity index (χ0n) is 9.36. The highest BCUT2D eigenvalue weighted by atomic mass is 16.7. The first-order valence-electron chi connectivity index (χ1n) is 4.89. The van der Waals surface area contributed by atoms with E-state index >= 15 is 0 Å². The maximum atomic E-state index is 10.2. The zero-order chi connectivity index (χ0) is 11.5. The van der Waals surface area contributed by atoms with Crippen molar-refractivity contribution in [2.75, 3.05) is 13.9 Å². The van der Waals surface area contributed by atoms with Crippen LogP contribution in [-0.4, -0.2) is 26.3 Å². The summed E-state index contributed by atoms with van der Waals surface area (Å²) in [6.45, 7) is 2.19. The van der Waals surface area contributed by atoms with Crippen molar-refractivity contribution in [2.24, 2.45) is 0 Å². The van der Waals surface area contributed by atoms with Crippen LogP contribution < -0.4 is 0 Å². The van der Waals surface area contributed by atoms with E-state index in [9.17, 15) is 4.79 Å². The average Bonchev–Trinajstić information content (AvgIpc) is 2.23. The van der Waals surface area contributed by atoms with E-state index in [2.05, 4.69) is 5.92 Å². The Kier molecular flexibility index (Phi) is 8.75. The molecule has 0 N–H and O–H groups in total. The third kappa shape index (κ3) is 7.92. The summed E-state index contributed by atoms with van der Waals surface area (Å²) in [4.78, 5) is 10.2. The molecule has 0 aromatic carbocycles. The fourth-order valence-corrected chi connectivity index (χ4v) is 1.12. The summed E-state index contributed by atoms with van der Waals surface area (Å²) in [5.41, 5.74) is 1.11. The number of ether oxygens (including phenoxy) is 2. The van der Waals surface area contributed by atoms with Crippen LogP contribution in [0, 0.1) is 12.3 Å². The molecule has 0 aliphatic rings. The normalized spacial score (nSPS) is 13.3. The molecule has 1 unspecified atom stereocenters. The van der Waals surface area contributed by atoms with Gasteiger partial charge in [0.1, 0.15) is 13.1 Å². The van der Waals surface area contributed by atoms with Gasteiger partial charge in [-0.05, 0) is 13.3 Å². The lowest BCUT2D eigenvalue weighted by Crippen LogP contribution is -2.11. The summed E-state index contributed by atoms with van der Waals surface area (Å²) in [6.07, 6.45) is 9.75. The largest absolute Gasteiger partial charge is 0.359 e. The Morgan fingerprint density at radius 2 is 2.33 bits per heavy atom. The first kappa shape index (κ1) is 13.9. The van der Waals surface area contributed by atoms with Gasteiger partial charge in [0, 0.05) is 20.0 Å². The molecule has 0 amide bonds. The first-order chi connectivity index (χ1) is 7.24. The third-order valence-electron chi connectivity index (χ3n) is 1.85. The minimum atomic E-state index is -0.124. The molecule has 0 aliphatic heterocycles. The Bertz CT molecular complexity index is 238. The van der Waals surface area contributed by atoms with Crippen LogP contribution >= 0.6 is 0 Å². The van der Waals surface area contributed by atoms with E-state index in [0.29, 0.717) is 12.8 Å². The highest BCUT2D eigenvalue weighted by Gasteiger charge is 2.04. The lowest BCUT2D eigenvalue weighted by atomic mass is 10.1. The molecule has 0 saturated heterocycles. The molecule has 0 spiro atoms. The lowest BCUT2D eigenvalue weighted by Gasteiger charge is -2.11. The molecule has 84 valence electrons. The minimum Gasteiger partial charge on any atom is -0.359 e. The summed E-state index contributed by atoms with van der Waals surface area (Å²) in [5.74, 6) is 2.54. The SMILES string of the molecule is C#CCC(/C=C(\C)CCC=O)OCOC. The van der Waals surface area contributed by atoms with Crippen molar-refractivity contribution in [3.63, 3.8) is 0 Å². The lowest BCUT2D eigenvalue weighted by molar-refractivity contribution is -0.107. The van der Waals surface area contributed by atoms with E-state index in [1.165, 1.54) is 0 Å². The van der Waals surface area contributed by atoms with Crippen molar-refractivity contribution in [2.45, 2.75) is 32.3 Å². The van der Waals surface area contributed by atoms with E-state index in [-0.39, 0.29) is 12.9 Å². The van der Waals surface area contributed by atoms with Crippen LogP contribution in [0.15, 0.2) is 11.6 Å². The van der Waals surface area contributed by atoms with Gasteiger partial charge in [0.2, 0.25) is 0 Å². The predicted molar refractivity (Wildman–Crippen MR) is 59.3 cm³/mol. The summed E-state index contributed by atoms with van der Waals surface area (Å²) in [6, 6.07) is 0. The minimum absolute atomic E-state index is 0.124. The van der Waals surface area contributed by atoms with Crippen molar-refractivity contribution in [3.8, 4) is 12.3 Å². The molecule has 1 atom stereocenters. The number of aldehydes is 1. The molecule has 3 nitrogen and oxygen atoms in total. The molecule has 0 aromatic heterocycles. The van der Waals surface area contributed by atoms with Gasteiger partial charge >= 0.3 is 0 Å². The summed E-state index contributed by atoms with van der Waals surface area (Å²) >= 11 is 0. The molecule has 0 bridgehead atoms. The molecule has 0 aromatic rings. The smallest absolute Gasteiger partial charge is 0.147 e. The van der Waals surface area contributed by atoms with Crippen LogP contribution in [0.1, 0.15) is 26.2 Å². The van der Waals surface area contributed by atoms with Gasteiger partial charge in [-0.15, -0.1) is 12.3 Å². The Hall–Kier alpha value is -1.11. The number of carbonyl (C=O) groups is 1.